The lowest BCUT2D eigenvalue weighted by atomic mass is 9.87. The summed E-state index contributed by atoms with van der Waals surface area (Å²) in [6, 6.07) is 7.41. The van der Waals surface area contributed by atoms with Gasteiger partial charge in [0.2, 0.25) is 5.91 Å². The largest absolute Gasteiger partial charge is 0.320 e. The number of benzene rings is 1. The van der Waals surface area contributed by atoms with E-state index < -0.39 is 0 Å². The number of hydrogen-bond donors (Lipinski definition) is 1. The van der Waals surface area contributed by atoms with Gasteiger partial charge in [0.05, 0.1) is 26.7 Å². The molecule has 1 aromatic carbocycles. The topological polar surface area (TPSA) is 52.9 Å². The van der Waals surface area contributed by atoms with Crippen molar-refractivity contribution in [1.29, 1.82) is 5.26 Å². The number of thioether (sulfide) groups is 1. The number of nitrogens with zero attached hydrogens (tertiary/aromatic N) is 1. The molecule has 0 radical (unpaired) electrons. The van der Waals surface area contributed by atoms with Crippen LogP contribution in [0, 0.1) is 11.3 Å². The average Bonchev–Trinajstić information content (AvgIpc) is 2.40. The van der Waals surface area contributed by atoms with Gasteiger partial charge in [0.1, 0.15) is 0 Å². The maximum Gasteiger partial charge on any atom is 0.225 e. The first-order valence-electron chi connectivity index (χ1n) is 5.50. The summed E-state index contributed by atoms with van der Waals surface area (Å²) >= 11 is 13.5. The van der Waals surface area contributed by atoms with Gasteiger partial charge >= 0.3 is 0 Å². The molecule has 1 aromatic rings. The average molecular weight is 313 g/mol. The predicted octanol–water partition coefficient (Wildman–Crippen LogP) is 3.70. The van der Waals surface area contributed by atoms with Gasteiger partial charge in [-0.25, -0.2) is 0 Å². The predicted molar refractivity (Wildman–Crippen MR) is 78.1 cm³/mol. The molecule has 0 fully saturated rings. The van der Waals surface area contributed by atoms with E-state index in [-0.39, 0.29) is 18.2 Å². The molecule has 0 saturated carbocycles. The Morgan fingerprint density at radius 3 is 2.84 bits per heavy atom. The lowest BCUT2D eigenvalue weighted by Gasteiger charge is -2.25. The van der Waals surface area contributed by atoms with E-state index in [1.165, 1.54) is 11.8 Å². The van der Waals surface area contributed by atoms with E-state index in [9.17, 15) is 10.1 Å². The maximum atomic E-state index is 11.7. The molecular weight excluding hydrogens is 303 g/mol. The highest BCUT2D eigenvalue weighted by Gasteiger charge is 2.30. The van der Waals surface area contributed by atoms with E-state index >= 15 is 0 Å². The Labute approximate surface area is 125 Å². The minimum Gasteiger partial charge on any atom is -0.320 e. The van der Waals surface area contributed by atoms with Gasteiger partial charge in [-0.3, -0.25) is 4.79 Å². The third-order valence-corrected chi connectivity index (χ3v) is 4.48. The molecule has 0 aromatic heterocycles. The first kappa shape index (κ1) is 14.3. The van der Waals surface area contributed by atoms with Crippen LogP contribution in [0.25, 0.3) is 0 Å². The lowest BCUT2D eigenvalue weighted by molar-refractivity contribution is -0.120. The zero-order valence-electron chi connectivity index (χ0n) is 10.0. The normalized spacial score (nSPS) is 19.1. The van der Waals surface area contributed by atoms with Crippen LogP contribution in [0.1, 0.15) is 17.9 Å². The Kier molecular flexibility index (Phi) is 4.41. The molecule has 1 amide bonds. The molecule has 0 saturated heterocycles. The Morgan fingerprint density at radius 1 is 1.47 bits per heavy atom. The van der Waals surface area contributed by atoms with E-state index in [4.69, 9.17) is 23.2 Å². The molecule has 0 spiro atoms. The zero-order valence-corrected chi connectivity index (χ0v) is 12.4. The van der Waals surface area contributed by atoms with Crippen LogP contribution >= 0.6 is 35.0 Å². The summed E-state index contributed by atoms with van der Waals surface area (Å²) < 4.78 is 0. The number of hydrogen-bond acceptors (Lipinski definition) is 3. The number of amides is 1. The van der Waals surface area contributed by atoms with Crippen molar-refractivity contribution >= 4 is 40.9 Å². The Hall–Kier alpha value is -1.15. The van der Waals surface area contributed by atoms with Crippen LogP contribution in [-0.4, -0.2) is 12.2 Å². The van der Waals surface area contributed by atoms with Crippen LogP contribution in [0.4, 0.5) is 0 Å². The molecule has 98 valence electrons. The number of carbonyl (C=O) groups excluding carboxylic acids is 1. The van der Waals surface area contributed by atoms with Crippen molar-refractivity contribution in [3.05, 3.63) is 44.4 Å². The van der Waals surface area contributed by atoms with Gasteiger partial charge in [0.15, 0.2) is 0 Å². The van der Waals surface area contributed by atoms with Crippen molar-refractivity contribution in [2.45, 2.75) is 12.3 Å². The van der Waals surface area contributed by atoms with Crippen molar-refractivity contribution in [1.82, 2.24) is 5.32 Å². The molecule has 2 rings (SSSR count). The van der Waals surface area contributed by atoms with Crippen molar-refractivity contribution < 1.29 is 4.79 Å². The third kappa shape index (κ3) is 2.74. The minimum absolute atomic E-state index is 0.121. The van der Waals surface area contributed by atoms with E-state index in [1.807, 2.05) is 6.26 Å². The second-order valence-electron chi connectivity index (χ2n) is 4.01. The SMILES string of the molecule is CSC1=C(C#N)[C@H](c2cccc(Cl)c2Cl)CC(=O)N1. The second-order valence-corrected chi connectivity index (χ2v) is 5.61. The number of rotatable bonds is 2. The first-order chi connectivity index (χ1) is 9.08. The molecular formula is C13H10Cl2N2OS. The molecule has 1 heterocycles. The third-order valence-electron chi connectivity index (χ3n) is 2.92. The van der Waals surface area contributed by atoms with Gasteiger partial charge in [-0.2, -0.15) is 5.26 Å². The van der Waals surface area contributed by atoms with Crippen LogP contribution in [0.2, 0.25) is 10.0 Å². The molecule has 1 aliphatic rings. The van der Waals surface area contributed by atoms with Crippen molar-refractivity contribution in [2.24, 2.45) is 0 Å². The lowest BCUT2D eigenvalue weighted by Crippen LogP contribution is -2.30. The molecule has 1 aliphatic heterocycles. The molecule has 3 nitrogen and oxygen atoms in total. The maximum absolute atomic E-state index is 11.7. The smallest absolute Gasteiger partial charge is 0.225 e. The van der Waals surface area contributed by atoms with E-state index in [0.717, 1.165) is 0 Å². The summed E-state index contributed by atoms with van der Waals surface area (Å²) in [4.78, 5) is 11.7. The van der Waals surface area contributed by atoms with Crippen LogP contribution in [0.15, 0.2) is 28.8 Å². The highest BCUT2D eigenvalue weighted by atomic mass is 35.5. The number of nitrogens with one attached hydrogen (secondary N) is 1. The standard InChI is InChI=1S/C13H10Cl2N2OS/c1-19-13-9(6-16)8(5-11(18)17-13)7-3-2-4-10(14)12(7)15/h2-4,8H,5H2,1H3,(H,17,18)/t8-/m0/s1. The zero-order chi connectivity index (χ0) is 14.0. The molecule has 1 atom stereocenters. The molecule has 0 bridgehead atoms. The summed E-state index contributed by atoms with van der Waals surface area (Å²) in [5.74, 6) is -0.461. The van der Waals surface area contributed by atoms with Crippen LogP contribution < -0.4 is 5.32 Å². The summed E-state index contributed by atoms with van der Waals surface area (Å²) in [6.07, 6.45) is 2.02. The Morgan fingerprint density at radius 2 is 2.21 bits per heavy atom. The van der Waals surface area contributed by atoms with E-state index in [2.05, 4.69) is 11.4 Å². The van der Waals surface area contributed by atoms with Gasteiger partial charge in [-0.1, -0.05) is 35.3 Å². The first-order valence-corrected chi connectivity index (χ1v) is 7.48. The Balaban J connectivity index is 2.57. The van der Waals surface area contributed by atoms with Crippen LogP contribution in [-0.2, 0) is 4.79 Å². The molecule has 0 unspecified atom stereocenters. The van der Waals surface area contributed by atoms with Crippen LogP contribution in [0.3, 0.4) is 0 Å². The van der Waals surface area contributed by atoms with Gasteiger partial charge in [-0.05, 0) is 17.9 Å². The molecule has 1 N–H and O–H groups in total. The number of nitriles is 1. The summed E-state index contributed by atoms with van der Waals surface area (Å²) in [5.41, 5.74) is 1.24. The molecule has 6 heteroatoms. The highest BCUT2D eigenvalue weighted by Crippen LogP contribution is 2.40. The second kappa shape index (κ2) is 5.87. The number of halogens is 2. The fraction of sp³-hybridized carbons (Fsp3) is 0.231. The number of carbonyl (C=O) groups is 1. The van der Waals surface area contributed by atoms with E-state index in [1.54, 1.807) is 18.2 Å². The fourth-order valence-corrected chi connectivity index (χ4v) is 3.10. The van der Waals surface area contributed by atoms with Crippen molar-refractivity contribution in [2.75, 3.05) is 6.26 Å². The van der Waals surface area contributed by atoms with Gasteiger partial charge in [0, 0.05) is 12.3 Å². The Bertz CT molecular complexity index is 607. The van der Waals surface area contributed by atoms with Crippen LogP contribution in [0.5, 0.6) is 0 Å². The summed E-state index contributed by atoms with van der Waals surface area (Å²) in [7, 11) is 0. The minimum atomic E-state index is -0.340. The van der Waals surface area contributed by atoms with Gasteiger partial charge < -0.3 is 5.32 Å². The monoisotopic (exact) mass is 312 g/mol. The van der Waals surface area contributed by atoms with Crippen molar-refractivity contribution in [3.8, 4) is 6.07 Å². The number of allylic oxidation sites excluding steroid dienone is 1. The molecule has 0 aliphatic carbocycles. The van der Waals surface area contributed by atoms with E-state index in [0.29, 0.717) is 26.2 Å². The summed E-state index contributed by atoms with van der Waals surface area (Å²) in [6.45, 7) is 0. The van der Waals surface area contributed by atoms with Crippen molar-refractivity contribution in [3.63, 3.8) is 0 Å². The summed E-state index contributed by atoms with van der Waals surface area (Å²) in [5, 5.41) is 13.4. The van der Waals surface area contributed by atoms with Gasteiger partial charge in [-0.15, -0.1) is 11.8 Å². The quantitative estimate of drug-likeness (QED) is 0.906. The fourth-order valence-electron chi connectivity index (χ4n) is 2.04. The van der Waals surface area contributed by atoms with Gasteiger partial charge in [0.25, 0.3) is 0 Å². The highest BCUT2D eigenvalue weighted by molar-refractivity contribution is 8.02. The molecule has 19 heavy (non-hydrogen) atoms.